The average Bonchev–Trinajstić information content (AvgIpc) is 3.17. The van der Waals surface area contributed by atoms with Gasteiger partial charge in [0.05, 0.1) is 18.2 Å². The van der Waals surface area contributed by atoms with Crippen molar-refractivity contribution in [1.82, 2.24) is 10.3 Å². The Labute approximate surface area is 165 Å². The number of hydrogen-bond donors (Lipinski definition) is 1. The Bertz CT molecular complexity index is 998. The molecule has 0 aliphatic heterocycles. The SMILES string of the molecule is Cc1cc2c(o1)CC(C)(C)CC2NC(=O)Cc1nc(-c2ccccc2)oc1C. The Morgan fingerprint density at radius 3 is 2.71 bits per heavy atom. The first-order valence-electron chi connectivity index (χ1n) is 9.71. The summed E-state index contributed by atoms with van der Waals surface area (Å²) in [6.45, 7) is 8.22. The maximum atomic E-state index is 12.8. The quantitative estimate of drug-likeness (QED) is 0.699. The predicted octanol–water partition coefficient (Wildman–Crippen LogP) is 4.92. The van der Waals surface area contributed by atoms with Crippen LogP contribution < -0.4 is 5.32 Å². The van der Waals surface area contributed by atoms with Gasteiger partial charge in [0.25, 0.3) is 0 Å². The second-order valence-electron chi connectivity index (χ2n) is 8.47. The average molecular weight is 378 g/mol. The topological polar surface area (TPSA) is 68.3 Å². The highest BCUT2D eigenvalue weighted by atomic mass is 16.4. The number of fused-ring (bicyclic) bond motifs is 1. The highest BCUT2D eigenvalue weighted by Gasteiger charge is 2.35. The summed E-state index contributed by atoms with van der Waals surface area (Å²) < 4.78 is 11.6. The van der Waals surface area contributed by atoms with Crippen LogP contribution in [0.25, 0.3) is 11.5 Å². The molecule has 1 amide bonds. The van der Waals surface area contributed by atoms with Crippen molar-refractivity contribution in [3.63, 3.8) is 0 Å². The van der Waals surface area contributed by atoms with Crippen molar-refractivity contribution in [2.24, 2.45) is 5.41 Å². The minimum atomic E-state index is -0.0523. The summed E-state index contributed by atoms with van der Waals surface area (Å²) in [7, 11) is 0. The van der Waals surface area contributed by atoms with Crippen LogP contribution >= 0.6 is 0 Å². The standard InChI is InChI=1S/C23H26N2O3/c1-14-10-17-19(12-23(3,4)13-20(17)27-14)24-21(26)11-18-15(2)28-22(25-18)16-8-6-5-7-9-16/h5-10,19H,11-13H2,1-4H3,(H,24,26). The van der Waals surface area contributed by atoms with Gasteiger partial charge in [-0.3, -0.25) is 4.79 Å². The minimum Gasteiger partial charge on any atom is -0.466 e. The number of nitrogens with zero attached hydrogens (tertiary/aromatic N) is 1. The molecule has 5 heteroatoms. The van der Waals surface area contributed by atoms with Gasteiger partial charge in [-0.25, -0.2) is 4.98 Å². The van der Waals surface area contributed by atoms with E-state index in [1.54, 1.807) is 0 Å². The molecule has 1 N–H and O–H groups in total. The van der Waals surface area contributed by atoms with Gasteiger partial charge < -0.3 is 14.2 Å². The van der Waals surface area contributed by atoms with Crippen LogP contribution in [0.3, 0.4) is 0 Å². The van der Waals surface area contributed by atoms with Gasteiger partial charge in [-0.15, -0.1) is 0 Å². The Kier molecular flexibility index (Phi) is 4.61. The predicted molar refractivity (Wildman–Crippen MR) is 107 cm³/mol. The Morgan fingerprint density at radius 1 is 1.21 bits per heavy atom. The van der Waals surface area contributed by atoms with E-state index in [4.69, 9.17) is 8.83 Å². The van der Waals surface area contributed by atoms with Crippen molar-refractivity contribution in [2.45, 2.75) is 53.0 Å². The van der Waals surface area contributed by atoms with Gasteiger partial charge in [0.15, 0.2) is 0 Å². The zero-order valence-electron chi connectivity index (χ0n) is 16.8. The van der Waals surface area contributed by atoms with Gasteiger partial charge in [0.2, 0.25) is 11.8 Å². The monoisotopic (exact) mass is 378 g/mol. The van der Waals surface area contributed by atoms with E-state index in [2.05, 4.69) is 24.1 Å². The fourth-order valence-electron chi connectivity index (χ4n) is 4.01. The first-order valence-corrected chi connectivity index (χ1v) is 9.71. The maximum absolute atomic E-state index is 12.8. The number of hydrogen-bond acceptors (Lipinski definition) is 4. The van der Waals surface area contributed by atoms with Gasteiger partial charge in [-0.1, -0.05) is 32.0 Å². The van der Waals surface area contributed by atoms with Gasteiger partial charge in [0, 0.05) is 17.5 Å². The number of nitrogens with one attached hydrogen (secondary N) is 1. The van der Waals surface area contributed by atoms with E-state index in [9.17, 15) is 4.79 Å². The third kappa shape index (κ3) is 3.75. The fourth-order valence-corrected chi connectivity index (χ4v) is 4.01. The summed E-state index contributed by atoms with van der Waals surface area (Å²) in [4.78, 5) is 17.3. The van der Waals surface area contributed by atoms with Crippen molar-refractivity contribution in [2.75, 3.05) is 0 Å². The molecule has 3 aromatic rings. The second-order valence-corrected chi connectivity index (χ2v) is 8.47. The molecule has 2 heterocycles. The number of benzene rings is 1. The third-order valence-electron chi connectivity index (χ3n) is 5.31. The van der Waals surface area contributed by atoms with Crippen molar-refractivity contribution in [3.8, 4) is 11.5 Å². The van der Waals surface area contributed by atoms with Crippen LogP contribution in [0.5, 0.6) is 0 Å². The molecular formula is C23H26N2O3. The van der Waals surface area contributed by atoms with Crippen LogP contribution in [-0.4, -0.2) is 10.9 Å². The summed E-state index contributed by atoms with van der Waals surface area (Å²) >= 11 is 0. The van der Waals surface area contributed by atoms with Gasteiger partial charge >= 0.3 is 0 Å². The van der Waals surface area contributed by atoms with Gasteiger partial charge in [0.1, 0.15) is 17.3 Å². The Morgan fingerprint density at radius 2 is 1.96 bits per heavy atom. The van der Waals surface area contributed by atoms with E-state index in [-0.39, 0.29) is 23.8 Å². The number of aromatic nitrogens is 1. The first kappa shape index (κ1) is 18.5. The van der Waals surface area contributed by atoms with E-state index < -0.39 is 0 Å². The molecule has 1 atom stereocenters. The largest absolute Gasteiger partial charge is 0.466 e. The molecule has 0 saturated carbocycles. The highest BCUT2D eigenvalue weighted by Crippen LogP contribution is 2.42. The molecule has 1 aliphatic carbocycles. The fraction of sp³-hybridized carbons (Fsp3) is 0.391. The third-order valence-corrected chi connectivity index (χ3v) is 5.31. The maximum Gasteiger partial charge on any atom is 0.226 e. The van der Waals surface area contributed by atoms with Crippen LogP contribution in [0.15, 0.2) is 45.2 Å². The van der Waals surface area contributed by atoms with Crippen LogP contribution in [0.4, 0.5) is 0 Å². The molecule has 1 aromatic carbocycles. The Balaban J connectivity index is 1.50. The molecule has 5 nitrogen and oxygen atoms in total. The highest BCUT2D eigenvalue weighted by molar-refractivity contribution is 5.79. The van der Waals surface area contributed by atoms with Crippen LogP contribution in [0, 0.1) is 19.3 Å². The van der Waals surface area contributed by atoms with E-state index in [0.29, 0.717) is 17.3 Å². The molecule has 28 heavy (non-hydrogen) atoms. The second kappa shape index (κ2) is 6.97. The normalized spacial score (nSPS) is 17.9. The summed E-state index contributed by atoms with van der Waals surface area (Å²) in [5.74, 6) is 3.05. The summed E-state index contributed by atoms with van der Waals surface area (Å²) in [6, 6.07) is 11.7. The lowest BCUT2D eigenvalue weighted by molar-refractivity contribution is -0.121. The van der Waals surface area contributed by atoms with Crippen LogP contribution in [0.1, 0.15) is 54.8 Å². The minimum absolute atomic E-state index is 0.0375. The lowest BCUT2D eigenvalue weighted by Gasteiger charge is -2.34. The van der Waals surface area contributed by atoms with Crippen molar-refractivity contribution in [1.29, 1.82) is 0 Å². The van der Waals surface area contributed by atoms with E-state index >= 15 is 0 Å². The number of furan rings is 1. The molecule has 0 bridgehead atoms. The number of carbonyl (C=O) groups is 1. The number of carbonyl (C=O) groups excluding carboxylic acids is 1. The molecule has 1 unspecified atom stereocenters. The summed E-state index contributed by atoms with van der Waals surface area (Å²) in [6.07, 6.45) is 1.98. The number of amides is 1. The van der Waals surface area contributed by atoms with Crippen molar-refractivity contribution < 1.29 is 13.6 Å². The van der Waals surface area contributed by atoms with E-state index in [1.807, 2.05) is 50.2 Å². The van der Waals surface area contributed by atoms with Crippen molar-refractivity contribution in [3.05, 3.63) is 64.9 Å². The zero-order valence-corrected chi connectivity index (χ0v) is 16.8. The summed E-state index contributed by atoms with van der Waals surface area (Å²) in [5.41, 5.74) is 2.77. The molecule has 4 rings (SSSR count). The molecule has 0 saturated heterocycles. The first-order chi connectivity index (χ1) is 13.3. The molecule has 2 aromatic heterocycles. The van der Waals surface area contributed by atoms with E-state index in [1.165, 1.54) is 0 Å². The van der Waals surface area contributed by atoms with Gasteiger partial charge in [-0.2, -0.15) is 0 Å². The van der Waals surface area contributed by atoms with Crippen LogP contribution in [-0.2, 0) is 17.6 Å². The molecule has 0 fully saturated rings. The number of oxazole rings is 1. The number of rotatable bonds is 4. The molecule has 0 spiro atoms. The summed E-state index contributed by atoms with van der Waals surface area (Å²) in [5, 5.41) is 3.19. The Hall–Kier alpha value is -2.82. The molecule has 146 valence electrons. The van der Waals surface area contributed by atoms with Crippen LogP contribution in [0.2, 0.25) is 0 Å². The molecule has 0 radical (unpaired) electrons. The number of aryl methyl sites for hydroxylation is 2. The lowest BCUT2D eigenvalue weighted by atomic mass is 9.74. The zero-order chi connectivity index (χ0) is 19.9. The van der Waals surface area contributed by atoms with E-state index in [0.717, 1.165) is 35.5 Å². The van der Waals surface area contributed by atoms with Crippen molar-refractivity contribution >= 4 is 5.91 Å². The lowest BCUT2D eigenvalue weighted by Crippen LogP contribution is -2.36. The molecule has 1 aliphatic rings. The molecular weight excluding hydrogens is 352 g/mol. The van der Waals surface area contributed by atoms with Gasteiger partial charge in [-0.05, 0) is 43.9 Å². The smallest absolute Gasteiger partial charge is 0.226 e.